The van der Waals surface area contributed by atoms with Gasteiger partial charge in [-0.05, 0) is 43.2 Å². The molecule has 1 saturated carbocycles. The van der Waals surface area contributed by atoms with Crippen molar-refractivity contribution in [3.05, 3.63) is 29.3 Å². The number of hydrogen-bond acceptors (Lipinski definition) is 3. The molecule has 1 fully saturated rings. The number of para-hydroxylation sites is 1. The van der Waals surface area contributed by atoms with E-state index in [9.17, 15) is 5.11 Å². The second-order valence-electron chi connectivity index (χ2n) is 6.17. The molecule has 2 nitrogen and oxygen atoms in total. The van der Waals surface area contributed by atoms with Crippen LogP contribution in [0.4, 0.5) is 0 Å². The monoisotopic (exact) mass is 275 g/mol. The Bertz CT molecular complexity index is 546. The van der Waals surface area contributed by atoms with Crippen molar-refractivity contribution in [3.63, 3.8) is 0 Å². The predicted octanol–water partition coefficient (Wildman–Crippen LogP) is 4.03. The van der Waals surface area contributed by atoms with Crippen molar-refractivity contribution in [2.24, 2.45) is 11.8 Å². The topological polar surface area (TPSA) is 33.1 Å². The molecule has 0 saturated heterocycles. The summed E-state index contributed by atoms with van der Waals surface area (Å²) in [6, 6.07) is 8.21. The summed E-state index contributed by atoms with van der Waals surface area (Å²) >= 11 is 1.72. The van der Waals surface area contributed by atoms with Crippen LogP contribution in [0.25, 0.3) is 10.2 Å². The van der Waals surface area contributed by atoms with Crippen molar-refractivity contribution in [2.75, 3.05) is 0 Å². The molecule has 0 radical (unpaired) electrons. The molecule has 0 spiro atoms. The highest BCUT2D eigenvalue weighted by atomic mass is 32.1. The van der Waals surface area contributed by atoms with Gasteiger partial charge in [-0.3, -0.25) is 0 Å². The Balaban J connectivity index is 1.80. The molecule has 0 aliphatic heterocycles. The smallest absolute Gasteiger partial charge is 0.0967 e. The maximum Gasteiger partial charge on any atom is 0.0967 e. The van der Waals surface area contributed by atoms with Crippen LogP contribution in [0.3, 0.4) is 0 Å². The first-order valence-electron chi connectivity index (χ1n) is 7.13. The Labute approximate surface area is 118 Å². The first kappa shape index (κ1) is 13.1. The lowest BCUT2D eigenvalue weighted by Gasteiger charge is -2.38. The molecule has 1 aromatic heterocycles. The number of nitrogens with zero attached hydrogens (tertiary/aromatic N) is 1. The summed E-state index contributed by atoms with van der Waals surface area (Å²) in [4.78, 5) is 4.65. The average Bonchev–Trinajstić information content (AvgIpc) is 2.76. The van der Waals surface area contributed by atoms with E-state index in [0.29, 0.717) is 12.3 Å². The van der Waals surface area contributed by atoms with Crippen LogP contribution in [0, 0.1) is 11.8 Å². The minimum absolute atomic E-state index is 0.542. The van der Waals surface area contributed by atoms with Crippen molar-refractivity contribution < 1.29 is 5.11 Å². The Hall–Kier alpha value is -0.930. The zero-order chi connectivity index (χ0) is 13.5. The molecule has 3 rings (SSSR count). The van der Waals surface area contributed by atoms with E-state index in [4.69, 9.17) is 0 Å². The standard InChI is InChI=1S/C16H21NOS/c1-11-7-8-16(18,9-12(11)2)10-15-17-13-5-3-4-6-14(13)19-15/h3-6,11-12,18H,7-10H2,1-2H3. The molecule has 3 heteroatoms. The van der Waals surface area contributed by atoms with Gasteiger partial charge in [0.1, 0.15) is 0 Å². The van der Waals surface area contributed by atoms with E-state index in [2.05, 4.69) is 24.9 Å². The molecule has 102 valence electrons. The molecule has 3 atom stereocenters. The van der Waals surface area contributed by atoms with Crippen molar-refractivity contribution in [1.82, 2.24) is 4.98 Å². The summed E-state index contributed by atoms with van der Waals surface area (Å²) in [6.45, 7) is 4.55. The Morgan fingerprint density at radius 3 is 2.84 bits per heavy atom. The molecule has 1 heterocycles. The van der Waals surface area contributed by atoms with Gasteiger partial charge in [0.2, 0.25) is 0 Å². The molecule has 1 aliphatic rings. The molecule has 1 aliphatic carbocycles. The molecule has 1 N–H and O–H groups in total. The molecule has 2 aromatic rings. The third kappa shape index (κ3) is 2.67. The van der Waals surface area contributed by atoms with E-state index in [1.165, 1.54) is 4.70 Å². The molecule has 3 unspecified atom stereocenters. The predicted molar refractivity (Wildman–Crippen MR) is 80.5 cm³/mol. The Morgan fingerprint density at radius 2 is 2.11 bits per heavy atom. The van der Waals surface area contributed by atoms with Crippen LogP contribution in [-0.2, 0) is 6.42 Å². The third-order valence-corrected chi connectivity index (χ3v) is 5.59. The number of thiazole rings is 1. The van der Waals surface area contributed by atoms with Crippen molar-refractivity contribution in [3.8, 4) is 0 Å². The van der Waals surface area contributed by atoms with Gasteiger partial charge in [-0.2, -0.15) is 0 Å². The number of aliphatic hydroxyl groups is 1. The van der Waals surface area contributed by atoms with Crippen LogP contribution in [0.2, 0.25) is 0 Å². The van der Waals surface area contributed by atoms with E-state index in [1.54, 1.807) is 11.3 Å². The molecular formula is C16H21NOS. The lowest BCUT2D eigenvalue weighted by atomic mass is 9.72. The largest absolute Gasteiger partial charge is 0.389 e. The lowest BCUT2D eigenvalue weighted by Crippen LogP contribution is -2.39. The number of hydrogen-bond donors (Lipinski definition) is 1. The molecule has 1 aromatic carbocycles. The van der Waals surface area contributed by atoms with Crippen LogP contribution in [0.1, 0.15) is 38.1 Å². The van der Waals surface area contributed by atoms with Gasteiger partial charge in [0.15, 0.2) is 0 Å². The fourth-order valence-electron chi connectivity index (χ4n) is 3.12. The number of rotatable bonds is 2. The SMILES string of the molecule is CC1CCC(O)(Cc2nc3ccccc3s2)CC1C. The van der Waals surface area contributed by atoms with Crippen molar-refractivity contribution in [2.45, 2.75) is 45.1 Å². The van der Waals surface area contributed by atoms with E-state index < -0.39 is 5.60 Å². The molecular weight excluding hydrogens is 254 g/mol. The van der Waals surface area contributed by atoms with Gasteiger partial charge in [-0.25, -0.2) is 4.98 Å². The summed E-state index contributed by atoms with van der Waals surface area (Å²) in [5.74, 6) is 1.34. The fourth-order valence-corrected chi connectivity index (χ4v) is 4.22. The number of benzene rings is 1. The van der Waals surface area contributed by atoms with Gasteiger partial charge in [-0.15, -0.1) is 11.3 Å². The van der Waals surface area contributed by atoms with Gasteiger partial charge in [0.25, 0.3) is 0 Å². The highest BCUT2D eigenvalue weighted by molar-refractivity contribution is 7.18. The first-order chi connectivity index (χ1) is 9.06. The minimum Gasteiger partial charge on any atom is -0.389 e. The highest BCUT2D eigenvalue weighted by Gasteiger charge is 2.36. The molecule has 0 bridgehead atoms. The molecule has 0 amide bonds. The summed E-state index contributed by atoms with van der Waals surface area (Å²) < 4.78 is 1.22. The van der Waals surface area contributed by atoms with E-state index >= 15 is 0 Å². The van der Waals surface area contributed by atoms with Crippen molar-refractivity contribution >= 4 is 21.6 Å². The van der Waals surface area contributed by atoms with Crippen LogP contribution in [0.15, 0.2) is 24.3 Å². The zero-order valence-electron chi connectivity index (χ0n) is 11.6. The van der Waals surface area contributed by atoms with Gasteiger partial charge in [0.05, 0.1) is 20.8 Å². The summed E-state index contributed by atoms with van der Waals surface area (Å²) in [5, 5.41) is 11.9. The van der Waals surface area contributed by atoms with Gasteiger partial charge in [-0.1, -0.05) is 26.0 Å². The maximum atomic E-state index is 10.8. The number of fused-ring (bicyclic) bond motifs is 1. The normalized spacial score (nSPS) is 31.7. The van der Waals surface area contributed by atoms with E-state index in [-0.39, 0.29) is 0 Å². The zero-order valence-corrected chi connectivity index (χ0v) is 12.4. The van der Waals surface area contributed by atoms with Gasteiger partial charge < -0.3 is 5.11 Å². The lowest BCUT2D eigenvalue weighted by molar-refractivity contribution is -0.0279. The van der Waals surface area contributed by atoms with Crippen LogP contribution in [-0.4, -0.2) is 15.7 Å². The average molecular weight is 275 g/mol. The van der Waals surface area contributed by atoms with Gasteiger partial charge >= 0.3 is 0 Å². The summed E-state index contributed by atoms with van der Waals surface area (Å²) in [6.07, 6.45) is 3.66. The Kier molecular flexibility index (Phi) is 3.35. The van der Waals surface area contributed by atoms with Crippen LogP contribution in [0.5, 0.6) is 0 Å². The quantitative estimate of drug-likeness (QED) is 0.897. The Morgan fingerprint density at radius 1 is 1.32 bits per heavy atom. The molecule has 19 heavy (non-hydrogen) atoms. The number of aromatic nitrogens is 1. The first-order valence-corrected chi connectivity index (χ1v) is 7.94. The minimum atomic E-state index is -0.542. The maximum absolute atomic E-state index is 10.8. The summed E-state index contributed by atoms with van der Waals surface area (Å²) in [5.41, 5.74) is 0.517. The van der Waals surface area contributed by atoms with Crippen LogP contribution < -0.4 is 0 Å². The van der Waals surface area contributed by atoms with Gasteiger partial charge in [0, 0.05) is 6.42 Å². The highest BCUT2D eigenvalue weighted by Crippen LogP contribution is 2.39. The third-order valence-electron chi connectivity index (χ3n) is 4.56. The van der Waals surface area contributed by atoms with Crippen molar-refractivity contribution in [1.29, 1.82) is 0 Å². The van der Waals surface area contributed by atoms with Crippen LogP contribution >= 0.6 is 11.3 Å². The fraction of sp³-hybridized carbons (Fsp3) is 0.562. The second kappa shape index (κ2) is 4.88. The second-order valence-corrected chi connectivity index (χ2v) is 7.29. The summed E-state index contributed by atoms with van der Waals surface area (Å²) in [7, 11) is 0. The van der Waals surface area contributed by atoms with E-state index in [1.807, 2.05) is 18.2 Å². The van der Waals surface area contributed by atoms with E-state index in [0.717, 1.165) is 35.7 Å².